The van der Waals surface area contributed by atoms with E-state index in [9.17, 15) is 13.2 Å². The molecule has 6 nitrogen and oxygen atoms in total. The van der Waals surface area contributed by atoms with Gasteiger partial charge in [0.25, 0.3) is 5.91 Å². The molecule has 0 bridgehead atoms. The van der Waals surface area contributed by atoms with Crippen LogP contribution in [-0.4, -0.2) is 32.3 Å². The van der Waals surface area contributed by atoms with E-state index in [4.69, 9.17) is 10.9 Å². The van der Waals surface area contributed by atoms with Gasteiger partial charge in [0.15, 0.2) is 0 Å². The van der Waals surface area contributed by atoms with Crippen LogP contribution in [0.15, 0.2) is 23.1 Å². The van der Waals surface area contributed by atoms with Crippen LogP contribution in [0.1, 0.15) is 24.2 Å². The summed E-state index contributed by atoms with van der Waals surface area (Å²) in [5.41, 5.74) is 5.82. The first-order valence-corrected chi connectivity index (χ1v) is 7.07. The highest BCUT2D eigenvalue weighted by molar-refractivity contribution is 7.89. The maximum absolute atomic E-state index is 12.2. The average molecular weight is 271 g/mol. The first-order valence-electron chi connectivity index (χ1n) is 5.52. The molecular formula is C11H17N3O3S. The molecule has 18 heavy (non-hydrogen) atoms. The van der Waals surface area contributed by atoms with Gasteiger partial charge in [0.05, 0.1) is 10.5 Å². The van der Waals surface area contributed by atoms with Crippen LogP contribution in [0, 0.1) is 0 Å². The highest BCUT2D eigenvalue weighted by Gasteiger charge is 2.22. The molecule has 0 atom stereocenters. The molecule has 100 valence electrons. The average Bonchev–Trinajstić information content (AvgIpc) is 2.29. The van der Waals surface area contributed by atoms with Crippen molar-refractivity contribution in [1.82, 2.24) is 4.90 Å². The molecule has 0 unspecified atom stereocenters. The van der Waals surface area contributed by atoms with Gasteiger partial charge in [-0.05, 0) is 32.0 Å². The van der Waals surface area contributed by atoms with Crippen molar-refractivity contribution in [3.63, 3.8) is 0 Å². The fraction of sp³-hybridized carbons (Fsp3) is 0.364. The van der Waals surface area contributed by atoms with Gasteiger partial charge >= 0.3 is 0 Å². The molecule has 0 radical (unpaired) electrons. The highest BCUT2D eigenvalue weighted by atomic mass is 32.2. The van der Waals surface area contributed by atoms with Crippen LogP contribution in [0.5, 0.6) is 0 Å². The van der Waals surface area contributed by atoms with Crippen LogP contribution in [-0.2, 0) is 10.0 Å². The van der Waals surface area contributed by atoms with Crippen molar-refractivity contribution in [2.45, 2.75) is 18.7 Å². The number of rotatable bonds is 4. The molecule has 1 aromatic carbocycles. The first-order chi connectivity index (χ1) is 8.31. The van der Waals surface area contributed by atoms with Crippen molar-refractivity contribution in [1.29, 1.82) is 0 Å². The lowest BCUT2D eigenvalue weighted by molar-refractivity contribution is 0.0769. The van der Waals surface area contributed by atoms with E-state index in [2.05, 4.69) is 0 Å². The summed E-state index contributed by atoms with van der Waals surface area (Å²) in [5, 5.41) is 5.09. The molecule has 0 aliphatic rings. The lowest BCUT2D eigenvalue weighted by atomic mass is 10.2. The number of nitrogens with two attached hydrogens (primary N) is 2. The highest BCUT2D eigenvalue weighted by Crippen LogP contribution is 2.19. The molecule has 0 saturated carbocycles. The lowest BCUT2D eigenvalue weighted by Gasteiger charge is -2.20. The van der Waals surface area contributed by atoms with Crippen molar-refractivity contribution < 1.29 is 13.2 Å². The Morgan fingerprint density at radius 2 is 1.83 bits per heavy atom. The van der Waals surface area contributed by atoms with E-state index < -0.39 is 10.0 Å². The van der Waals surface area contributed by atoms with Crippen LogP contribution in [0.25, 0.3) is 0 Å². The van der Waals surface area contributed by atoms with Crippen LogP contribution < -0.4 is 10.9 Å². The number of primary sulfonamides is 1. The number of hydrogen-bond donors (Lipinski definition) is 2. The monoisotopic (exact) mass is 271 g/mol. The summed E-state index contributed by atoms with van der Waals surface area (Å²) >= 11 is 0. The maximum atomic E-state index is 12.2. The van der Waals surface area contributed by atoms with E-state index in [-0.39, 0.29) is 22.1 Å². The molecule has 0 spiro atoms. The predicted molar refractivity (Wildman–Crippen MR) is 69.5 cm³/mol. The first kappa shape index (κ1) is 14.5. The summed E-state index contributed by atoms with van der Waals surface area (Å²) < 4.78 is 22.9. The van der Waals surface area contributed by atoms with Gasteiger partial charge in [-0.2, -0.15) is 0 Å². The second kappa shape index (κ2) is 5.36. The van der Waals surface area contributed by atoms with Gasteiger partial charge in [0.1, 0.15) is 0 Å². The molecule has 0 aromatic heterocycles. The third-order valence-corrected chi connectivity index (χ3v) is 3.54. The maximum Gasteiger partial charge on any atom is 0.255 e. The van der Waals surface area contributed by atoms with E-state index in [1.165, 1.54) is 23.1 Å². The number of anilines is 1. The topological polar surface area (TPSA) is 106 Å². The zero-order valence-electron chi connectivity index (χ0n) is 10.4. The van der Waals surface area contributed by atoms with E-state index in [1.54, 1.807) is 0 Å². The number of amides is 1. The number of nitrogen functional groups attached to an aromatic ring is 1. The van der Waals surface area contributed by atoms with E-state index in [1.807, 2.05) is 13.8 Å². The second-order valence-corrected chi connectivity index (χ2v) is 5.31. The summed E-state index contributed by atoms with van der Waals surface area (Å²) in [6.07, 6.45) is 0. The third kappa shape index (κ3) is 2.99. The summed E-state index contributed by atoms with van der Waals surface area (Å²) in [4.78, 5) is 13.4. The molecule has 0 heterocycles. The molecule has 0 fully saturated rings. The Kier molecular flexibility index (Phi) is 4.31. The molecule has 1 aromatic rings. The van der Waals surface area contributed by atoms with Gasteiger partial charge in [-0.3, -0.25) is 4.79 Å². The molecule has 4 N–H and O–H groups in total. The van der Waals surface area contributed by atoms with Gasteiger partial charge < -0.3 is 10.6 Å². The zero-order valence-corrected chi connectivity index (χ0v) is 11.2. The van der Waals surface area contributed by atoms with E-state index >= 15 is 0 Å². The number of benzene rings is 1. The minimum absolute atomic E-state index is 0.0513. The summed E-state index contributed by atoms with van der Waals surface area (Å²) in [5.74, 6) is -0.371. The number of nitrogens with zero attached hydrogens (tertiary/aromatic N) is 1. The summed E-state index contributed by atoms with van der Waals surface area (Å²) in [6, 6.07) is 4.06. The van der Waals surface area contributed by atoms with E-state index in [0.717, 1.165) is 0 Å². The molecule has 1 rings (SSSR count). The van der Waals surface area contributed by atoms with Crippen molar-refractivity contribution >= 4 is 21.6 Å². The SMILES string of the molecule is CCN(CC)C(=O)c1ccc(N)cc1S(N)(=O)=O. The molecule has 0 saturated heterocycles. The number of sulfonamides is 1. The number of carbonyl (C=O) groups is 1. The Bertz CT molecular complexity index is 551. The van der Waals surface area contributed by atoms with Crippen LogP contribution in [0.2, 0.25) is 0 Å². The Morgan fingerprint density at radius 3 is 2.28 bits per heavy atom. The number of hydrogen-bond acceptors (Lipinski definition) is 4. The molecule has 7 heteroatoms. The molecule has 1 amide bonds. The van der Waals surface area contributed by atoms with Gasteiger partial charge in [0.2, 0.25) is 10.0 Å². The second-order valence-electron chi connectivity index (χ2n) is 3.78. The van der Waals surface area contributed by atoms with Crippen LogP contribution in [0.3, 0.4) is 0 Å². The Balaban J connectivity index is 3.37. The smallest absolute Gasteiger partial charge is 0.255 e. The van der Waals surface area contributed by atoms with Gasteiger partial charge in [-0.1, -0.05) is 0 Å². The molecule has 0 aliphatic heterocycles. The fourth-order valence-corrected chi connectivity index (χ4v) is 2.39. The lowest BCUT2D eigenvalue weighted by Crippen LogP contribution is -2.32. The molecule has 0 aliphatic carbocycles. The van der Waals surface area contributed by atoms with Gasteiger partial charge in [0, 0.05) is 18.8 Å². The number of carbonyl (C=O) groups excluding carboxylic acids is 1. The predicted octanol–water partition coefficient (Wildman–Crippen LogP) is 0.398. The summed E-state index contributed by atoms with van der Waals surface area (Å²) in [6.45, 7) is 4.61. The Hall–Kier alpha value is -1.60. The van der Waals surface area contributed by atoms with E-state index in [0.29, 0.717) is 13.1 Å². The Labute approximate surface area is 107 Å². The van der Waals surface area contributed by atoms with Crippen molar-refractivity contribution in [3.8, 4) is 0 Å². The minimum atomic E-state index is -3.98. The van der Waals surface area contributed by atoms with Crippen molar-refractivity contribution in [2.75, 3.05) is 18.8 Å². The van der Waals surface area contributed by atoms with Crippen LogP contribution in [0.4, 0.5) is 5.69 Å². The molecular weight excluding hydrogens is 254 g/mol. The standard InChI is InChI=1S/C11H17N3O3S/c1-3-14(4-2)11(15)9-6-5-8(12)7-10(9)18(13,16)17/h5-7H,3-4,12H2,1-2H3,(H2,13,16,17). The van der Waals surface area contributed by atoms with Crippen molar-refractivity contribution in [3.05, 3.63) is 23.8 Å². The van der Waals surface area contributed by atoms with Gasteiger partial charge in [-0.15, -0.1) is 0 Å². The fourth-order valence-electron chi connectivity index (χ4n) is 1.63. The third-order valence-electron chi connectivity index (χ3n) is 2.59. The quantitative estimate of drug-likeness (QED) is 0.773. The minimum Gasteiger partial charge on any atom is -0.399 e. The zero-order chi connectivity index (χ0) is 13.9. The summed E-state index contributed by atoms with van der Waals surface area (Å²) in [7, 11) is -3.98. The van der Waals surface area contributed by atoms with Crippen LogP contribution >= 0.6 is 0 Å². The normalized spacial score (nSPS) is 11.3. The Morgan fingerprint density at radius 1 is 1.28 bits per heavy atom. The van der Waals surface area contributed by atoms with Gasteiger partial charge in [-0.25, -0.2) is 13.6 Å². The van der Waals surface area contributed by atoms with Crippen molar-refractivity contribution in [2.24, 2.45) is 5.14 Å². The largest absolute Gasteiger partial charge is 0.399 e.